The third-order valence-electron chi connectivity index (χ3n) is 5.39. The molecule has 1 saturated heterocycles. The third kappa shape index (κ3) is 5.25. The molecule has 31 heavy (non-hydrogen) atoms. The number of likely N-dealkylation sites (tertiary alicyclic amines) is 1. The van der Waals surface area contributed by atoms with Gasteiger partial charge in [-0.15, -0.1) is 0 Å². The largest absolute Gasteiger partial charge is 0.488 e. The number of carbonyl (C=O) groups is 1. The van der Waals surface area contributed by atoms with E-state index in [1.165, 1.54) is 41.4 Å². The van der Waals surface area contributed by atoms with Crippen molar-refractivity contribution in [1.82, 2.24) is 14.7 Å². The molecule has 0 radical (unpaired) electrons. The maximum atomic E-state index is 12.5. The van der Waals surface area contributed by atoms with E-state index in [9.17, 15) is 23.1 Å². The summed E-state index contributed by atoms with van der Waals surface area (Å²) in [5, 5.41) is 13.6. The van der Waals surface area contributed by atoms with Crippen LogP contribution in [0.1, 0.15) is 33.6 Å². The third-order valence-corrected chi connectivity index (χ3v) is 6.52. The average Bonchev–Trinajstić information content (AvgIpc) is 2.67. The van der Waals surface area contributed by atoms with Crippen LogP contribution in [0.2, 0.25) is 0 Å². The fraction of sp³-hybridized carbons (Fsp3) is 0.476. The van der Waals surface area contributed by atoms with Crippen molar-refractivity contribution in [2.45, 2.75) is 50.7 Å². The highest BCUT2D eigenvalue weighted by Crippen LogP contribution is 2.33. The minimum absolute atomic E-state index is 0.158. The van der Waals surface area contributed by atoms with Crippen LogP contribution in [-0.4, -0.2) is 59.2 Å². The van der Waals surface area contributed by atoms with Crippen LogP contribution >= 0.6 is 0 Å². The molecule has 9 nitrogen and oxygen atoms in total. The smallest absolute Gasteiger partial charge is 0.407 e. The molecule has 0 saturated carbocycles. The number of nitrogens with zero attached hydrogens (tertiary/aromatic N) is 3. The first-order chi connectivity index (χ1) is 14.4. The van der Waals surface area contributed by atoms with Crippen molar-refractivity contribution in [2.75, 3.05) is 12.8 Å². The Bertz CT molecular complexity index is 1120. The van der Waals surface area contributed by atoms with Crippen molar-refractivity contribution >= 4 is 15.9 Å². The Balaban J connectivity index is 1.76. The summed E-state index contributed by atoms with van der Waals surface area (Å²) >= 11 is 0. The van der Waals surface area contributed by atoms with E-state index in [4.69, 9.17) is 4.74 Å². The Morgan fingerprint density at radius 3 is 2.39 bits per heavy atom. The molecular formula is C21H27N3O6S. The monoisotopic (exact) mass is 449 g/mol. The number of carboxylic acid groups (broad SMARTS) is 1. The summed E-state index contributed by atoms with van der Waals surface area (Å²) in [6.07, 6.45) is 2.42. The van der Waals surface area contributed by atoms with Crippen molar-refractivity contribution in [3.05, 3.63) is 46.9 Å². The molecule has 1 aromatic heterocycles. The standard InChI is InChI=1S/C21H27N3O6S/c1-21(2,3)18-11-15(9-10-23(18)20(26)27)30-16-12-19(25)24(22-13-16)14-5-7-17(8-6-14)31(4,28)29/h5-8,12-13,15,18H,9-11H2,1-4H3,(H,26,27). The minimum atomic E-state index is -3.33. The van der Waals surface area contributed by atoms with Gasteiger partial charge in [0, 0.05) is 37.8 Å². The molecule has 3 rings (SSSR count). The Labute approximate surface area is 181 Å². The Hall–Kier alpha value is -2.88. The van der Waals surface area contributed by atoms with Gasteiger partial charge in [-0.2, -0.15) is 9.78 Å². The van der Waals surface area contributed by atoms with Gasteiger partial charge in [0.15, 0.2) is 9.84 Å². The van der Waals surface area contributed by atoms with E-state index in [0.29, 0.717) is 30.8 Å². The molecule has 0 aliphatic carbocycles. The summed E-state index contributed by atoms with van der Waals surface area (Å²) in [6, 6.07) is 7.00. The summed E-state index contributed by atoms with van der Waals surface area (Å²) < 4.78 is 30.3. The van der Waals surface area contributed by atoms with E-state index in [1.54, 1.807) is 0 Å². The lowest BCUT2D eigenvalue weighted by Gasteiger charge is -2.44. The van der Waals surface area contributed by atoms with Gasteiger partial charge in [0.2, 0.25) is 0 Å². The molecule has 2 heterocycles. The van der Waals surface area contributed by atoms with Gasteiger partial charge >= 0.3 is 6.09 Å². The Kier molecular flexibility index (Phi) is 6.13. The minimum Gasteiger partial charge on any atom is -0.488 e. The number of rotatable bonds is 4. The number of hydrogen-bond donors (Lipinski definition) is 1. The van der Waals surface area contributed by atoms with Crippen LogP contribution in [-0.2, 0) is 9.84 Å². The Morgan fingerprint density at radius 1 is 1.23 bits per heavy atom. The first-order valence-corrected chi connectivity index (χ1v) is 11.8. The second-order valence-electron chi connectivity index (χ2n) is 8.83. The molecule has 0 bridgehead atoms. The molecule has 1 amide bonds. The highest BCUT2D eigenvalue weighted by molar-refractivity contribution is 7.90. The maximum Gasteiger partial charge on any atom is 0.407 e. The molecule has 1 aliphatic heterocycles. The maximum absolute atomic E-state index is 12.5. The fourth-order valence-electron chi connectivity index (χ4n) is 3.77. The van der Waals surface area contributed by atoms with Crippen molar-refractivity contribution in [3.8, 4) is 11.4 Å². The lowest BCUT2D eigenvalue weighted by atomic mass is 9.80. The summed E-state index contributed by atoms with van der Waals surface area (Å²) in [4.78, 5) is 25.7. The average molecular weight is 450 g/mol. The van der Waals surface area contributed by atoms with E-state index in [-0.39, 0.29) is 22.5 Å². The van der Waals surface area contributed by atoms with Crippen molar-refractivity contribution in [2.24, 2.45) is 5.41 Å². The van der Waals surface area contributed by atoms with Gasteiger partial charge in [-0.1, -0.05) is 20.8 Å². The summed E-state index contributed by atoms with van der Waals surface area (Å²) in [5.41, 5.74) is -0.230. The second kappa shape index (κ2) is 8.33. The van der Waals surface area contributed by atoms with Gasteiger partial charge in [0.1, 0.15) is 11.9 Å². The fourth-order valence-corrected chi connectivity index (χ4v) is 4.40. The number of aromatic nitrogens is 2. The van der Waals surface area contributed by atoms with Crippen LogP contribution in [0, 0.1) is 5.41 Å². The molecular weight excluding hydrogens is 422 g/mol. The second-order valence-corrected chi connectivity index (χ2v) is 10.8. The topological polar surface area (TPSA) is 119 Å². The molecule has 1 fully saturated rings. The lowest BCUT2D eigenvalue weighted by Crippen LogP contribution is -2.53. The van der Waals surface area contributed by atoms with Crippen LogP contribution in [0.15, 0.2) is 46.2 Å². The van der Waals surface area contributed by atoms with Crippen molar-refractivity contribution in [3.63, 3.8) is 0 Å². The number of sulfone groups is 1. The van der Waals surface area contributed by atoms with Crippen LogP contribution in [0.25, 0.3) is 5.69 Å². The first kappa shape index (κ1) is 22.8. The van der Waals surface area contributed by atoms with E-state index in [0.717, 1.165) is 10.9 Å². The number of ether oxygens (including phenoxy) is 1. The van der Waals surface area contributed by atoms with Crippen LogP contribution in [0.4, 0.5) is 4.79 Å². The molecule has 2 unspecified atom stereocenters. The van der Waals surface area contributed by atoms with Gasteiger partial charge in [-0.25, -0.2) is 13.2 Å². The molecule has 1 N–H and O–H groups in total. The number of piperidine rings is 1. The van der Waals surface area contributed by atoms with E-state index >= 15 is 0 Å². The first-order valence-electron chi connectivity index (χ1n) is 9.92. The summed E-state index contributed by atoms with van der Waals surface area (Å²) in [6.45, 7) is 6.34. The highest BCUT2D eigenvalue weighted by Gasteiger charge is 2.39. The van der Waals surface area contributed by atoms with Crippen LogP contribution in [0.5, 0.6) is 5.75 Å². The van der Waals surface area contributed by atoms with E-state index in [1.807, 2.05) is 20.8 Å². The number of hydrogen-bond acceptors (Lipinski definition) is 6. The van der Waals surface area contributed by atoms with Gasteiger partial charge < -0.3 is 14.7 Å². The summed E-state index contributed by atoms with van der Waals surface area (Å²) in [7, 11) is -3.33. The van der Waals surface area contributed by atoms with Gasteiger partial charge in [0.05, 0.1) is 16.8 Å². The van der Waals surface area contributed by atoms with E-state index in [2.05, 4.69) is 5.10 Å². The summed E-state index contributed by atoms with van der Waals surface area (Å²) in [5.74, 6) is 0.315. The molecule has 2 atom stereocenters. The number of amides is 1. The molecule has 0 spiro atoms. The molecule has 10 heteroatoms. The molecule has 1 aliphatic rings. The highest BCUT2D eigenvalue weighted by atomic mass is 32.2. The van der Waals surface area contributed by atoms with Crippen molar-refractivity contribution in [1.29, 1.82) is 0 Å². The van der Waals surface area contributed by atoms with Crippen LogP contribution < -0.4 is 10.3 Å². The zero-order chi connectivity index (χ0) is 23.0. The van der Waals surface area contributed by atoms with Crippen molar-refractivity contribution < 1.29 is 23.1 Å². The lowest BCUT2D eigenvalue weighted by molar-refractivity contribution is 0.0128. The number of benzene rings is 1. The predicted molar refractivity (Wildman–Crippen MR) is 115 cm³/mol. The van der Waals surface area contributed by atoms with Crippen LogP contribution in [0.3, 0.4) is 0 Å². The predicted octanol–water partition coefficient (Wildman–Crippen LogP) is 2.57. The SMILES string of the molecule is CC(C)(C)C1CC(Oc2cnn(-c3ccc(S(C)(=O)=O)cc3)c(=O)c2)CCN1C(=O)O. The van der Waals surface area contributed by atoms with Gasteiger partial charge in [-0.05, 0) is 29.7 Å². The zero-order valence-corrected chi connectivity index (χ0v) is 18.8. The van der Waals surface area contributed by atoms with Gasteiger partial charge in [-0.3, -0.25) is 4.79 Å². The zero-order valence-electron chi connectivity index (χ0n) is 18.0. The normalized spacial score (nSPS) is 19.8. The molecule has 168 valence electrons. The molecule has 1 aromatic carbocycles. The quantitative estimate of drug-likeness (QED) is 0.762. The Morgan fingerprint density at radius 2 is 1.87 bits per heavy atom. The van der Waals surface area contributed by atoms with E-state index < -0.39 is 21.5 Å². The van der Waals surface area contributed by atoms with Gasteiger partial charge in [0.25, 0.3) is 5.56 Å². The molecule has 2 aromatic rings.